The van der Waals surface area contributed by atoms with Crippen LogP contribution in [0.2, 0.25) is 0 Å². The van der Waals surface area contributed by atoms with Gasteiger partial charge in [-0.1, -0.05) is 6.07 Å². The molecule has 0 radical (unpaired) electrons. The second-order valence-electron chi connectivity index (χ2n) is 4.67. The average molecular weight is 270 g/mol. The van der Waals surface area contributed by atoms with Gasteiger partial charge in [-0.3, -0.25) is 9.55 Å². The number of H-pyrrole nitrogens is 1. The molecule has 0 amide bonds. The molecule has 3 heterocycles. The standard InChI is InChI=1S/C14H14N4S/c1-9-6-11-13(16-7-9)18(14(19)17-11)8-12-10(2)4-3-5-15-12/h3-7H,8H2,1-2H3,(H,17,19). The quantitative estimate of drug-likeness (QED) is 0.728. The number of pyridine rings is 2. The Kier molecular flexibility index (Phi) is 2.91. The molecule has 0 aliphatic heterocycles. The smallest absolute Gasteiger partial charge is 0.179 e. The van der Waals surface area contributed by atoms with E-state index in [9.17, 15) is 0 Å². The van der Waals surface area contributed by atoms with Gasteiger partial charge in [0.05, 0.1) is 17.8 Å². The molecular weight excluding hydrogens is 256 g/mol. The van der Waals surface area contributed by atoms with E-state index in [4.69, 9.17) is 12.2 Å². The van der Waals surface area contributed by atoms with Gasteiger partial charge in [0.15, 0.2) is 10.4 Å². The zero-order valence-corrected chi connectivity index (χ0v) is 11.7. The minimum absolute atomic E-state index is 0.640. The van der Waals surface area contributed by atoms with E-state index in [-0.39, 0.29) is 0 Å². The van der Waals surface area contributed by atoms with E-state index in [2.05, 4.69) is 34.0 Å². The first-order chi connectivity index (χ1) is 9.15. The molecule has 4 nitrogen and oxygen atoms in total. The first-order valence-corrected chi connectivity index (χ1v) is 6.51. The van der Waals surface area contributed by atoms with Crippen molar-refractivity contribution in [2.75, 3.05) is 0 Å². The molecule has 1 N–H and O–H groups in total. The van der Waals surface area contributed by atoms with Gasteiger partial charge in [0.2, 0.25) is 0 Å². The minimum Gasteiger partial charge on any atom is -0.329 e. The van der Waals surface area contributed by atoms with E-state index < -0.39 is 0 Å². The number of aryl methyl sites for hydroxylation is 2. The number of aromatic nitrogens is 4. The normalized spacial score (nSPS) is 11.1. The van der Waals surface area contributed by atoms with E-state index in [1.807, 2.05) is 23.8 Å². The Balaban J connectivity index is 2.13. The average Bonchev–Trinajstić information content (AvgIpc) is 2.68. The van der Waals surface area contributed by atoms with E-state index in [0.717, 1.165) is 28.0 Å². The summed E-state index contributed by atoms with van der Waals surface area (Å²) in [5.41, 5.74) is 5.14. The highest BCUT2D eigenvalue weighted by atomic mass is 32.1. The Bertz CT molecular complexity index is 801. The summed E-state index contributed by atoms with van der Waals surface area (Å²) in [6.45, 7) is 4.71. The highest BCUT2D eigenvalue weighted by Crippen LogP contribution is 2.15. The van der Waals surface area contributed by atoms with Crippen molar-refractivity contribution in [2.24, 2.45) is 0 Å². The maximum Gasteiger partial charge on any atom is 0.179 e. The largest absolute Gasteiger partial charge is 0.329 e. The fourth-order valence-corrected chi connectivity index (χ4v) is 2.39. The molecule has 3 rings (SSSR count). The maximum atomic E-state index is 5.38. The number of fused-ring (bicyclic) bond motifs is 1. The summed E-state index contributed by atoms with van der Waals surface area (Å²) in [7, 11) is 0. The molecule has 0 bridgehead atoms. The number of nitrogens with one attached hydrogen (secondary N) is 1. The second kappa shape index (κ2) is 4.59. The maximum absolute atomic E-state index is 5.38. The van der Waals surface area contributed by atoms with Gasteiger partial charge in [0.25, 0.3) is 0 Å². The van der Waals surface area contributed by atoms with Crippen LogP contribution in [0.25, 0.3) is 11.2 Å². The lowest BCUT2D eigenvalue weighted by Crippen LogP contribution is -2.04. The third-order valence-electron chi connectivity index (χ3n) is 3.17. The van der Waals surface area contributed by atoms with Gasteiger partial charge >= 0.3 is 0 Å². The molecular formula is C14H14N4S. The van der Waals surface area contributed by atoms with Gasteiger partial charge in [-0.05, 0) is 49.3 Å². The van der Waals surface area contributed by atoms with Crippen molar-refractivity contribution in [1.29, 1.82) is 0 Å². The van der Waals surface area contributed by atoms with Crippen molar-refractivity contribution in [3.05, 3.63) is 52.2 Å². The van der Waals surface area contributed by atoms with Gasteiger partial charge in [0.1, 0.15) is 0 Å². The molecule has 3 aromatic rings. The van der Waals surface area contributed by atoms with Gasteiger partial charge < -0.3 is 4.98 Å². The lowest BCUT2D eigenvalue weighted by Gasteiger charge is -2.06. The molecule has 0 unspecified atom stereocenters. The number of hydrogen-bond acceptors (Lipinski definition) is 3. The SMILES string of the molecule is Cc1cnc2c(c1)[nH]c(=S)n2Cc1ncccc1C. The highest BCUT2D eigenvalue weighted by molar-refractivity contribution is 7.71. The van der Waals surface area contributed by atoms with Crippen LogP contribution >= 0.6 is 12.2 Å². The van der Waals surface area contributed by atoms with Crippen LogP contribution in [0, 0.1) is 18.6 Å². The van der Waals surface area contributed by atoms with Crippen molar-refractivity contribution in [3.8, 4) is 0 Å². The molecule has 0 spiro atoms. The topological polar surface area (TPSA) is 46.5 Å². The molecule has 0 aliphatic carbocycles. The van der Waals surface area contributed by atoms with Crippen LogP contribution in [0.4, 0.5) is 0 Å². The lowest BCUT2D eigenvalue weighted by molar-refractivity contribution is 0.770. The predicted molar refractivity (Wildman–Crippen MR) is 77.7 cm³/mol. The highest BCUT2D eigenvalue weighted by Gasteiger charge is 2.08. The summed E-state index contributed by atoms with van der Waals surface area (Å²) in [5.74, 6) is 0. The molecule has 96 valence electrons. The van der Waals surface area contributed by atoms with Crippen LogP contribution in [-0.2, 0) is 6.54 Å². The molecule has 5 heteroatoms. The number of aromatic amines is 1. The first kappa shape index (κ1) is 12.0. The Morgan fingerprint density at radius 3 is 2.95 bits per heavy atom. The third kappa shape index (κ3) is 2.17. The van der Waals surface area contributed by atoms with Crippen LogP contribution in [0.15, 0.2) is 30.6 Å². The van der Waals surface area contributed by atoms with Crippen molar-refractivity contribution >= 4 is 23.4 Å². The van der Waals surface area contributed by atoms with Crippen LogP contribution in [0.1, 0.15) is 16.8 Å². The molecule has 0 atom stereocenters. The summed E-state index contributed by atoms with van der Waals surface area (Å²) in [6.07, 6.45) is 3.66. The van der Waals surface area contributed by atoms with Gasteiger partial charge in [-0.15, -0.1) is 0 Å². The summed E-state index contributed by atoms with van der Waals surface area (Å²) in [4.78, 5) is 12.1. The van der Waals surface area contributed by atoms with Gasteiger partial charge in [-0.2, -0.15) is 0 Å². The minimum atomic E-state index is 0.640. The number of nitrogens with zero attached hydrogens (tertiary/aromatic N) is 3. The predicted octanol–water partition coefficient (Wildman–Crippen LogP) is 3.15. The number of imidazole rings is 1. The summed E-state index contributed by atoms with van der Waals surface area (Å²) < 4.78 is 2.66. The zero-order valence-electron chi connectivity index (χ0n) is 10.8. The Hall–Kier alpha value is -2.01. The Morgan fingerprint density at radius 1 is 1.32 bits per heavy atom. The van der Waals surface area contributed by atoms with Crippen molar-refractivity contribution < 1.29 is 0 Å². The van der Waals surface area contributed by atoms with Crippen molar-refractivity contribution in [2.45, 2.75) is 20.4 Å². The van der Waals surface area contributed by atoms with E-state index >= 15 is 0 Å². The molecule has 0 fully saturated rings. The Morgan fingerprint density at radius 2 is 2.16 bits per heavy atom. The van der Waals surface area contributed by atoms with Crippen LogP contribution in [0.3, 0.4) is 0 Å². The number of rotatable bonds is 2. The van der Waals surface area contributed by atoms with E-state index in [0.29, 0.717) is 11.3 Å². The lowest BCUT2D eigenvalue weighted by atomic mass is 10.2. The summed E-state index contributed by atoms with van der Waals surface area (Å²) >= 11 is 5.38. The molecule has 0 saturated carbocycles. The monoisotopic (exact) mass is 270 g/mol. The first-order valence-electron chi connectivity index (χ1n) is 6.11. The molecule has 19 heavy (non-hydrogen) atoms. The van der Waals surface area contributed by atoms with Gasteiger partial charge in [-0.25, -0.2) is 4.98 Å². The fourth-order valence-electron chi connectivity index (χ4n) is 2.13. The van der Waals surface area contributed by atoms with E-state index in [1.54, 1.807) is 6.20 Å². The molecule has 3 aromatic heterocycles. The zero-order chi connectivity index (χ0) is 13.4. The van der Waals surface area contributed by atoms with Crippen LogP contribution in [0.5, 0.6) is 0 Å². The summed E-state index contributed by atoms with van der Waals surface area (Å²) in [5, 5.41) is 0. The van der Waals surface area contributed by atoms with Crippen LogP contribution in [-0.4, -0.2) is 19.5 Å². The molecule has 0 saturated heterocycles. The van der Waals surface area contributed by atoms with Crippen LogP contribution < -0.4 is 0 Å². The van der Waals surface area contributed by atoms with Crippen molar-refractivity contribution in [1.82, 2.24) is 19.5 Å². The van der Waals surface area contributed by atoms with Gasteiger partial charge in [0, 0.05) is 12.4 Å². The summed E-state index contributed by atoms with van der Waals surface area (Å²) in [6, 6.07) is 6.05. The van der Waals surface area contributed by atoms with E-state index in [1.165, 1.54) is 0 Å². The molecule has 0 aliphatic rings. The fraction of sp³-hybridized carbons (Fsp3) is 0.214. The number of hydrogen-bond donors (Lipinski definition) is 1. The second-order valence-corrected chi connectivity index (χ2v) is 5.05. The third-order valence-corrected chi connectivity index (χ3v) is 3.49. The van der Waals surface area contributed by atoms with Crippen molar-refractivity contribution in [3.63, 3.8) is 0 Å². The Labute approximate surface area is 116 Å². The molecule has 0 aromatic carbocycles.